The molecule has 5 rings (SSSR count). The van der Waals surface area contributed by atoms with Crippen LogP contribution in [0.2, 0.25) is 5.02 Å². The Kier molecular flexibility index (Phi) is 7.30. The Labute approximate surface area is 222 Å². The Balaban J connectivity index is 1.40. The molecule has 1 aromatic carbocycles. The topological polar surface area (TPSA) is 87.7 Å². The standard InChI is InChI=1S/C29H34ClN3O4/c1-4-10-29(19(3)9-13-36-29)37-26-16-25-24(31-26)15-23(30)28(32-25)21-5-6-22(18(2)14-21)20-7-11-33(12-8-20)27(35)17-34/h5-7,14-16,19,31,34H,4,8-13,17H2,1-3H3/t19?,29-/m0/s1. The van der Waals surface area contributed by atoms with Crippen LogP contribution in [0.3, 0.4) is 0 Å². The highest BCUT2D eigenvalue weighted by atomic mass is 35.5. The number of H-pyrrole nitrogens is 1. The first-order chi connectivity index (χ1) is 17.8. The largest absolute Gasteiger partial charge is 0.447 e. The Morgan fingerprint density at radius 1 is 1.35 bits per heavy atom. The molecule has 2 aliphatic rings. The van der Waals surface area contributed by atoms with E-state index in [2.05, 4.69) is 44.0 Å². The van der Waals surface area contributed by atoms with Crippen LogP contribution in [-0.2, 0) is 9.53 Å². The molecule has 1 saturated heterocycles. The maximum Gasteiger partial charge on any atom is 0.248 e. The third kappa shape index (κ3) is 5.00. The summed E-state index contributed by atoms with van der Waals surface area (Å²) in [5.74, 6) is 0.112. The first-order valence-electron chi connectivity index (χ1n) is 13.0. The van der Waals surface area contributed by atoms with Gasteiger partial charge < -0.3 is 24.5 Å². The number of carbonyl (C=O) groups is 1. The van der Waals surface area contributed by atoms with E-state index in [1.807, 2.05) is 18.2 Å². The summed E-state index contributed by atoms with van der Waals surface area (Å²) in [5.41, 5.74) is 6.76. The van der Waals surface area contributed by atoms with Gasteiger partial charge in [0.05, 0.1) is 28.4 Å². The number of hydrogen-bond acceptors (Lipinski definition) is 5. The Morgan fingerprint density at radius 3 is 2.84 bits per heavy atom. The predicted octanol–water partition coefficient (Wildman–Crippen LogP) is 5.73. The van der Waals surface area contributed by atoms with Crippen LogP contribution >= 0.6 is 11.6 Å². The zero-order valence-corrected chi connectivity index (χ0v) is 22.4. The number of aromatic nitrogens is 2. The predicted molar refractivity (Wildman–Crippen MR) is 146 cm³/mol. The molecule has 2 N–H and O–H groups in total. The molecule has 2 atom stereocenters. The minimum Gasteiger partial charge on any atom is -0.447 e. The molecule has 0 saturated carbocycles. The summed E-state index contributed by atoms with van der Waals surface area (Å²) < 4.78 is 12.5. The minimum atomic E-state index is -0.606. The number of nitrogens with one attached hydrogen (secondary N) is 1. The second-order valence-corrected chi connectivity index (χ2v) is 10.5. The summed E-state index contributed by atoms with van der Waals surface area (Å²) in [4.78, 5) is 21.6. The van der Waals surface area contributed by atoms with Crippen molar-refractivity contribution in [2.75, 3.05) is 26.3 Å². The highest BCUT2D eigenvalue weighted by molar-refractivity contribution is 6.33. The molecule has 1 amide bonds. The van der Waals surface area contributed by atoms with Crippen LogP contribution in [0.25, 0.3) is 27.9 Å². The van der Waals surface area contributed by atoms with Gasteiger partial charge in [-0.2, -0.15) is 0 Å². The number of aromatic amines is 1. The van der Waals surface area contributed by atoms with Crippen LogP contribution in [0, 0.1) is 12.8 Å². The van der Waals surface area contributed by atoms with Gasteiger partial charge in [-0.15, -0.1) is 0 Å². The molecule has 196 valence electrons. The summed E-state index contributed by atoms with van der Waals surface area (Å²) >= 11 is 6.70. The Hall–Kier alpha value is -2.87. The lowest BCUT2D eigenvalue weighted by Gasteiger charge is -2.32. The van der Waals surface area contributed by atoms with Gasteiger partial charge in [-0.3, -0.25) is 4.79 Å². The van der Waals surface area contributed by atoms with E-state index >= 15 is 0 Å². The molecule has 1 fully saturated rings. The quantitative estimate of drug-likeness (QED) is 0.413. The smallest absolute Gasteiger partial charge is 0.248 e. The van der Waals surface area contributed by atoms with E-state index in [0.29, 0.717) is 36.5 Å². The molecule has 37 heavy (non-hydrogen) atoms. The lowest BCUT2D eigenvalue weighted by atomic mass is 9.93. The molecule has 2 aliphatic heterocycles. The monoisotopic (exact) mass is 523 g/mol. The van der Waals surface area contributed by atoms with E-state index in [1.165, 1.54) is 5.57 Å². The van der Waals surface area contributed by atoms with Crippen molar-refractivity contribution in [1.29, 1.82) is 0 Å². The van der Waals surface area contributed by atoms with E-state index in [-0.39, 0.29) is 5.91 Å². The fraction of sp³-hybridized carbons (Fsp3) is 0.448. The van der Waals surface area contributed by atoms with Gasteiger partial charge in [0.15, 0.2) is 5.88 Å². The average molecular weight is 524 g/mol. The van der Waals surface area contributed by atoms with E-state index in [1.54, 1.807) is 4.90 Å². The number of aliphatic hydroxyl groups excluding tert-OH is 1. The van der Waals surface area contributed by atoms with Gasteiger partial charge in [-0.25, -0.2) is 4.98 Å². The summed E-state index contributed by atoms with van der Waals surface area (Å²) in [6.07, 6.45) is 5.62. The van der Waals surface area contributed by atoms with Crippen molar-refractivity contribution in [2.45, 2.75) is 52.2 Å². The number of halogens is 1. The molecule has 4 heterocycles. The first-order valence-corrected chi connectivity index (χ1v) is 13.4. The van der Waals surface area contributed by atoms with Gasteiger partial charge in [0.1, 0.15) is 6.61 Å². The van der Waals surface area contributed by atoms with Crippen molar-refractivity contribution >= 4 is 34.1 Å². The number of carbonyl (C=O) groups excluding carboxylic acids is 1. The number of benzene rings is 1. The van der Waals surface area contributed by atoms with Crippen LogP contribution < -0.4 is 4.74 Å². The molecule has 0 radical (unpaired) electrons. The van der Waals surface area contributed by atoms with Crippen LogP contribution in [0.4, 0.5) is 0 Å². The normalized spacial score (nSPS) is 21.9. The van der Waals surface area contributed by atoms with E-state index in [0.717, 1.165) is 59.1 Å². The van der Waals surface area contributed by atoms with E-state index in [4.69, 9.17) is 31.2 Å². The lowest BCUT2D eigenvalue weighted by molar-refractivity contribution is -0.176. The molecule has 2 aromatic heterocycles. The molecular formula is C29H34ClN3O4. The van der Waals surface area contributed by atoms with Crippen LogP contribution in [-0.4, -0.2) is 58.0 Å². The summed E-state index contributed by atoms with van der Waals surface area (Å²) in [5, 5.41) is 9.67. The number of pyridine rings is 1. The van der Waals surface area contributed by atoms with Crippen molar-refractivity contribution in [3.8, 4) is 17.1 Å². The van der Waals surface area contributed by atoms with Gasteiger partial charge >= 0.3 is 0 Å². The molecule has 0 spiro atoms. The number of rotatable bonds is 7. The van der Waals surface area contributed by atoms with Crippen LogP contribution in [0.1, 0.15) is 50.7 Å². The number of fused-ring (bicyclic) bond motifs is 1. The maximum absolute atomic E-state index is 11.8. The number of aliphatic hydroxyl groups is 1. The van der Waals surface area contributed by atoms with Gasteiger partial charge in [0.25, 0.3) is 0 Å². The van der Waals surface area contributed by atoms with Gasteiger partial charge in [-0.1, -0.05) is 43.7 Å². The molecule has 8 heteroatoms. The van der Waals surface area contributed by atoms with Gasteiger partial charge in [0.2, 0.25) is 11.7 Å². The van der Waals surface area contributed by atoms with Crippen molar-refractivity contribution in [2.24, 2.45) is 5.92 Å². The Bertz CT molecular complexity index is 1350. The van der Waals surface area contributed by atoms with Gasteiger partial charge in [-0.05, 0) is 55.0 Å². The van der Waals surface area contributed by atoms with E-state index < -0.39 is 12.4 Å². The van der Waals surface area contributed by atoms with Crippen molar-refractivity contribution in [3.63, 3.8) is 0 Å². The van der Waals surface area contributed by atoms with Crippen molar-refractivity contribution < 1.29 is 19.4 Å². The fourth-order valence-corrected chi connectivity index (χ4v) is 5.74. The first kappa shape index (κ1) is 25.8. The second-order valence-electron chi connectivity index (χ2n) is 10.1. The molecule has 7 nitrogen and oxygen atoms in total. The van der Waals surface area contributed by atoms with Crippen LogP contribution in [0.5, 0.6) is 5.88 Å². The number of hydrogen-bond donors (Lipinski definition) is 2. The zero-order valence-electron chi connectivity index (χ0n) is 21.6. The molecule has 0 aliphatic carbocycles. The molecule has 0 bridgehead atoms. The maximum atomic E-state index is 11.8. The zero-order chi connectivity index (χ0) is 26.2. The lowest BCUT2D eigenvalue weighted by Crippen LogP contribution is -2.40. The van der Waals surface area contributed by atoms with Crippen molar-refractivity contribution in [3.05, 3.63) is 52.6 Å². The highest BCUT2D eigenvalue weighted by Crippen LogP contribution is 2.39. The van der Waals surface area contributed by atoms with Gasteiger partial charge in [0, 0.05) is 37.1 Å². The molecule has 1 unspecified atom stereocenters. The molecular weight excluding hydrogens is 490 g/mol. The second kappa shape index (κ2) is 10.5. The summed E-state index contributed by atoms with van der Waals surface area (Å²) in [6.45, 7) is 7.79. The summed E-state index contributed by atoms with van der Waals surface area (Å²) in [6, 6.07) is 10.1. The number of amides is 1. The summed E-state index contributed by atoms with van der Waals surface area (Å²) in [7, 11) is 0. The fourth-order valence-electron chi connectivity index (χ4n) is 5.48. The van der Waals surface area contributed by atoms with Crippen LogP contribution in [0.15, 0.2) is 36.4 Å². The van der Waals surface area contributed by atoms with E-state index in [9.17, 15) is 4.79 Å². The Morgan fingerprint density at radius 2 is 2.19 bits per heavy atom. The number of aryl methyl sites for hydroxylation is 1. The average Bonchev–Trinajstić information content (AvgIpc) is 3.45. The van der Waals surface area contributed by atoms with Crippen molar-refractivity contribution in [1.82, 2.24) is 14.9 Å². The minimum absolute atomic E-state index is 0.234. The third-order valence-corrected chi connectivity index (χ3v) is 7.89. The SMILES string of the molecule is CCC[C@@]1(Oc2cc3nc(-c4ccc(C5=CCN(C(=O)CO)CC5)c(C)c4)c(Cl)cc3[nH]2)OCCC1C. The molecule has 3 aromatic rings. The number of nitrogens with zero attached hydrogens (tertiary/aromatic N) is 2. The third-order valence-electron chi connectivity index (χ3n) is 7.60. The number of ether oxygens (including phenoxy) is 2. The highest BCUT2D eigenvalue weighted by Gasteiger charge is 2.43.